The van der Waals surface area contributed by atoms with Gasteiger partial charge in [-0.15, -0.1) is 10.5 Å². The van der Waals surface area contributed by atoms with Crippen molar-refractivity contribution >= 4 is 11.6 Å². The minimum absolute atomic E-state index is 0.279. The predicted molar refractivity (Wildman–Crippen MR) is 61.7 cm³/mol. The second-order valence-corrected chi connectivity index (χ2v) is 4.09. The summed E-state index contributed by atoms with van der Waals surface area (Å²) in [5.74, 6) is 0.683. The Morgan fingerprint density at radius 1 is 1.19 bits per heavy atom. The highest BCUT2D eigenvalue weighted by Gasteiger charge is 2.22. The van der Waals surface area contributed by atoms with Crippen LogP contribution < -0.4 is 10.7 Å². The zero-order chi connectivity index (χ0) is 10.8. The molecule has 1 radical (unpaired) electrons. The Morgan fingerprint density at radius 3 is 2.88 bits per heavy atom. The minimum atomic E-state index is 0.279. The molecule has 2 heterocycles. The summed E-state index contributed by atoms with van der Waals surface area (Å²) in [4.78, 5) is 0. The third-order valence-corrected chi connectivity index (χ3v) is 2.95. The third kappa shape index (κ3) is 1.76. The molecular weight excluding hydrogens is 202 g/mol. The van der Waals surface area contributed by atoms with Crippen molar-refractivity contribution in [1.82, 2.24) is 10.7 Å². The Balaban J connectivity index is 1.72. The van der Waals surface area contributed by atoms with Crippen molar-refractivity contribution in [2.45, 2.75) is 18.9 Å². The van der Waals surface area contributed by atoms with Gasteiger partial charge in [-0.25, -0.2) is 0 Å². The molecule has 0 amide bonds. The smallest absolute Gasteiger partial charge is 0.243 e. The number of hydrogen-bond acceptors (Lipinski definition) is 3. The molecule has 0 aromatic heterocycles. The highest BCUT2D eigenvalue weighted by molar-refractivity contribution is 6.01. The van der Waals surface area contributed by atoms with E-state index in [2.05, 4.69) is 15.8 Å². The Bertz CT molecular complexity index is 410. The molecule has 4 heteroatoms. The van der Waals surface area contributed by atoms with Gasteiger partial charge in [0.1, 0.15) is 6.10 Å². The lowest BCUT2D eigenvalue weighted by Crippen LogP contribution is -2.33. The number of benzene rings is 1. The van der Waals surface area contributed by atoms with Crippen LogP contribution in [0.1, 0.15) is 18.4 Å². The summed E-state index contributed by atoms with van der Waals surface area (Å²) in [7, 11) is 0. The first-order chi connectivity index (χ1) is 7.93. The third-order valence-electron chi connectivity index (χ3n) is 2.95. The molecule has 1 aromatic carbocycles. The van der Waals surface area contributed by atoms with Gasteiger partial charge in [0.05, 0.1) is 11.3 Å². The summed E-state index contributed by atoms with van der Waals surface area (Å²) in [6, 6.07) is 7.91. The van der Waals surface area contributed by atoms with Crippen LogP contribution in [0.4, 0.5) is 5.69 Å². The molecule has 83 valence electrons. The molecule has 2 aliphatic heterocycles. The van der Waals surface area contributed by atoms with Crippen molar-refractivity contribution in [2.75, 3.05) is 13.1 Å². The highest BCUT2D eigenvalue weighted by atomic mass is 16.5. The summed E-state index contributed by atoms with van der Waals surface area (Å²) in [6.45, 7) is 2.05. The van der Waals surface area contributed by atoms with Crippen LogP contribution in [0.25, 0.3) is 0 Å². The zero-order valence-electron chi connectivity index (χ0n) is 9.02. The van der Waals surface area contributed by atoms with Crippen LogP contribution in [-0.2, 0) is 4.74 Å². The van der Waals surface area contributed by atoms with Crippen LogP contribution in [0.2, 0.25) is 0 Å². The van der Waals surface area contributed by atoms with Gasteiger partial charge in [-0.3, -0.25) is 0 Å². The lowest BCUT2D eigenvalue weighted by molar-refractivity contribution is 0.151. The van der Waals surface area contributed by atoms with Gasteiger partial charge in [0.2, 0.25) is 5.90 Å². The van der Waals surface area contributed by atoms with Gasteiger partial charge >= 0.3 is 0 Å². The maximum absolute atomic E-state index is 5.89. The van der Waals surface area contributed by atoms with E-state index in [4.69, 9.17) is 4.74 Å². The van der Waals surface area contributed by atoms with Crippen molar-refractivity contribution in [3.63, 3.8) is 0 Å². The molecular formula is C12H14N3O. The second-order valence-electron chi connectivity index (χ2n) is 4.09. The van der Waals surface area contributed by atoms with E-state index in [0.29, 0.717) is 5.90 Å². The van der Waals surface area contributed by atoms with E-state index < -0.39 is 0 Å². The maximum atomic E-state index is 5.89. The van der Waals surface area contributed by atoms with Crippen LogP contribution in [0.15, 0.2) is 29.4 Å². The van der Waals surface area contributed by atoms with Gasteiger partial charge in [0.15, 0.2) is 0 Å². The molecule has 0 atom stereocenters. The van der Waals surface area contributed by atoms with Crippen LogP contribution in [0.3, 0.4) is 0 Å². The molecule has 2 aliphatic rings. The Kier molecular flexibility index (Phi) is 2.50. The van der Waals surface area contributed by atoms with E-state index in [0.717, 1.165) is 37.2 Å². The first-order valence-corrected chi connectivity index (χ1v) is 5.69. The number of nitrogens with zero attached hydrogens (tertiary/aromatic N) is 2. The number of piperidine rings is 1. The molecule has 0 spiro atoms. The van der Waals surface area contributed by atoms with E-state index in [1.807, 2.05) is 24.3 Å². The first-order valence-electron chi connectivity index (χ1n) is 5.69. The fraction of sp³-hybridized carbons (Fsp3) is 0.417. The summed E-state index contributed by atoms with van der Waals surface area (Å²) in [6.07, 6.45) is 2.36. The highest BCUT2D eigenvalue weighted by Crippen LogP contribution is 2.24. The average Bonchev–Trinajstić information content (AvgIpc) is 2.74. The molecule has 0 saturated carbocycles. The lowest BCUT2D eigenvalue weighted by Gasteiger charge is -2.23. The number of hydrogen-bond donors (Lipinski definition) is 1. The zero-order valence-corrected chi connectivity index (χ0v) is 9.02. The normalized spacial score (nSPS) is 19.9. The minimum Gasteiger partial charge on any atom is -0.473 e. The van der Waals surface area contributed by atoms with E-state index in [9.17, 15) is 0 Å². The van der Waals surface area contributed by atoms with Gasteiger partial charge in [-0.1, -0.05) is 12.1 Å². The predicted octanol–water partition coefficient (Wildman–Crippen LogP) is 1.37. The Morgan fingerprint density at radius 2 is 2.00 bits per heavy atom. The topological polar surface area (TPSA) is 47.7 Å². The van der Waals surface area contributed by atoms with Gasteiger partial charge in [0, 0.05) is 0 Å². The van der Waals surface area contributed by atoms with Crippen LogP contribution >= 0.6 is 0 Å². The molecule has 0 unspecified atom stereocenters. The summed E-state index contributed by atoms with van der Waals surface area (Å²) in [5, 5.41) is 7.41. The first kappa shape index (κ1) is 9.66. The van der Waals surface area contributed by atoms with Crippen LogP contribution in [0, 0.1) is 0 Å². The SMILES string of the molecule is c1ccc2c(c1)[N]N=C2OC1CCNCC1. The van der Waals surface area contributed by atoms with E-state index >= 15 is 0 Å². The lowest BCUT2D eigenvalue weighted by atomic mass is 10.1. The molecule has 1 N–H and O–H groups in total. The quantitative estimate of drug-likeness (QED) is 0.770. The van der Waals surface area contributed by atoms with E-state index in [-0.39, 0.29) is 6.10 Å². The monoisotopic (exact) mass is 216 g/mol. The molecule has 1 aromatic rings. The van der Waals surface area contributed by atoms with Gasteiger partial charge in [0.25, 0.3) is 0 Å². The molecule has 0 aliphatic carbocycles. The van der Waals surface area contributed by atoms with Crippen molar-refractivity contribution in [2.24, 2.45) is 5.10 Å². The second kappa shape index (κ2) is 4.14. The molecule has 4 nitrogen and oxygen atoms in total. The fourth-order valence-corrected chi connectivity index (χ4v) is 2.05. The standard InChI is InChI=1S/C12H14N3O/c1-2-4-11-10(3-1)12(15-14-11)16-9-5-7-13-8-6-9/h1-4,9,13H,5-8H2. The number of ether oxygens (including phenoxy) is 1. The van der Waals surface area contributed by atoms with Crippen molar-refractivity contribution < 1.29 is 4.74 Å². The maximum Gasteiger partial charge on any atom is 0.243 e. The Labute approximate surface area is 94.7 Å². The molecule has 16 heavy (non-hydrogen) atoms. The molecule has 1 fully saturated rings. The summed E-state index contributed by atoms with van der Waals surface area (Å²) >= 11 is 0. The summed E-state index contributed by atoms with van der Waals surface area (Å²) < 4.78 is 5.89. The molecule has 1 saturated heterocycles. The average molecular weight is 216 g/mol. The van der Waals surface area contributed by atoms with Crippen molar-refractivity contribution in [1.29, 1.82) is 0 Å². The van der Waals surface area contributed by atoms with Gasteiger partial charge in [-0.2, -0.15) is 0 Å². The fourth-order valence-electron chi connectivity index (χ4n) is 2.05. The number of fused-ring (bicyclic) bond motifs is 1. The number of rotatable bonds is 1. The molecule has 0 bridgehead atoms. The van der Waals surface area contributed by atoms with Crippen molar-refractivity contribution in [3.8, 4) is 0 Å². The van der Waals surface area contributed by atoms with Crippen molar-refractivity contribution in [3.05, 3.63) is 29.8 Å². The summed E-state index contributed by atoms with van der Waals surface area (Å²) in [5.41, 5.74) is 6.02. The van der Waals surface area contributed by atoms with E-state index in [1.54, 1.807) is 0 Å². The van der Waals surface area contributed by atoms with Crippen LogP contribution in [0.5, 0.6) is 0 Å². The number of nitrogens with one attached hydrogen (secondary N) is 1. The van der Waals surface area contributed by atoms with Crippen LogP contribution in [-0.4, -0.2) is 25.1 Å². The van der Waals surface area contributed by atoms with Gasteiger partial charge < -0.3 is 10.1 Å². The largest absolute Gasteiger partial charge is 0.473 e. The van der Waals surface area contributed by atoms with Gasteiger partial charge in [-0.05, 0) is 38.1 Å². The molecule has 3 rings (SSSR count). The Hall–Kier alpha value is -1.55. The van der Waals surface area contributed by atoms with E-state index in [1.165, 1.54) is 0 Å².